The maximum atomic E-state index is 13.2. The summed E-state index contributed by atoms with van der Waals surface area (Å²) in [5.74, 6) is -0.0233. The van der Waals surface area contributed by atoms with Crippen LogP contribution in [0.25, 0.3) is 0 Å². The van der Waals surface area contributed by atoms with Gasteiger partial charge >= 0.3 is 0 Å². The van der Waals surface area contributed by atoms with Gasteiger partial charge in [-0.2, -0.15) is 0 Å². The van der Waals surface area contributed by atoms with E-state index in [1.807, 2.05) is 30.3 Å². The molecule has 0 aromatic heterocycles. The molecule has 0 heterocycles. The van der Waals surface area contributed by atoms with Gasteiger partial charge in [-0.3, -0.25) is 4.79 Å². The van der Waals surface area contributed by atoms with E-state index in [1.165, 1.54) is 0 Å². The summed E-state index contributed by atoms with van der Waals surface area (Å²) in [6.45, 7) is 5.59. The van der Waals surface area contributed by atoms with E-state index in [2.05, 4.69) is 10.0 Å². The first-order chi connectivity index (χ1) is 14.1. The van der Waals surface area contributed by atoms with Crippen molar-refractivity contribution in [1.82, 2.24) is 10.0 Å². The van der Waals surface area contributed by atoms with Crippen molar-refractivity contribution in [3.8, 4) is 0 Å². The zero-order chi connectivity index (χ0) is 21.8. The SMILES string of the molecule is CC(C)(C)NS(=O)(=O)c1ccccc1CNC(=O)C1(Sc2ccccc2)CCCC1. The van der Waals surface area contributed by atoms with Crippen LogP contribution in [0.5, 0.6) is 0 Å². The number of thioether (sulfide) groups is 1. The number of hydrogen-bond donors (Lipinski definition) is 2. The molecule has 2 aromatic carbocycles. The molecule has 0 saturated heterocycles. The van der Waals surface area contributed by atoms with Crippen molar-refractivity contribution in [2.24, 2.45) is 0 Å². The lowest BCUT2D eigenvalue weighted by molar-refractivity contribution is -0.123. The van der Waals surface area contributed by atoms with Gasteiger partial charge in [-0.05, 0) is 57.4 Å². The van der Waals surface area contributed by atoms with Gasteiger partial charge in [0.05, 0.1) is 9.64 Å². The molecule has 3 rings (SSSR count). The van der Waals surface area contributed by atoms with Gasteiger partial charge in [0.1, 0.15) is 0 Å². The van der Waals surface area contributed by atoms with Crippen LogP contribution >= 0.6 is 11.8 Å². The summed E-state index contributed by atoms with van der Waals surface area (Å²) in [6.07, 6.45) is 3.69. The molecule has 0 aliphatic heterocycles. The third-order valence-corrected chi connectivity index (χ3v) is 8.37. The fourth-order valence-electron chi connectivity index (χ4n) is 3.74. The topological polar surface area (TPSA) is 75.3 Å². The first-order valence-electron chi connectivity index (χ1n) is 10.3. The highest BCUT2D eigenvalue weighted by atomic mass is 32.2. The highest BCUT2D eigenvalue weighted by Crippen LogP contribution is 2.45. The Balaban J connectivity index is 1.77. The fraction of sp³-hybridized carbons (Fsp3) is 0.435. The minimum atomic E-state index is -3.69. The summed E-state index contributed by atoms with van der Waals surface area (Å²) in [5.41, 5.74) is -0.00412. The maximum absolute atomic E-state index is 13.2. The minimum absolute atomic E-state index is 0.0233. The van der Waals surface area contributed by atoms with E-state index in [9.17, 15) is 13.2 Å². The van der Waals surface area contributed by atoms with Crippen LogP contribution in [0.4, 0.5) is 0 Å². The summed E-state index contributed by atoms with van der Waals surface area (Å²) >= 11 is 1.62. The molecule has 30 heavy (non-hydrogen) atoms. The van der Waals surface area contributed by atoms with E-state index in [4.69, 9.17) is 0 Å². The van der Waals surface area contributed by atoms with E-state index in [1.54, 1.807) is 56.8 Å². The van der Waals surface area contributed by atoms with Crippen LogP contribution in [0.2, 0.25) is 0 Å². The van der Waals surface area contributed by atoms with Crippen LogP contribution in [0.1, 0.15) is 52.0 Å². The number of benzene rings is 2. The maximum Gasteiger partial charge on any atom is 0.241 e. The second-order valence-corrected chi connectivity index (χ2v) is 11.9. The summed E-state index contributed by atoms with van der Waals surface area (Å²) < 4.78 is 27.9. The zero-order valence-corrected chi connectivity index (χ0v) is 19.4. The summed E-state index contributed by atoms with van der Waals surface area (Å²) in [5, 5.41) is 3.03. The number of carbonyl (C=O) groups excluding carboxylic acids is 1. The lowest BCUT2D eigenvalue weighted by Crippen LogP contribution is -2.43. The molecular weight excluding hydrogens is 416 g/mol. The Morgan fingerprint density at radius 3 is 2.23 bits per heavy atom. The van der Waals surface area contributed by atoms with Crippen molar-refractivity contribution in [2.45, 2.75) is 73.1 Å². The standard InChI is InChI=1S/C23H30N2O3S2/c1-22(2,3)25-30(27,28)20-14-8-7-11-18(20)17-24-21(26)23(15-9-10-16-23)29-19-12-5-4-6-13-19/h4-8,11-14,25H,9-10,15-17H2,1-3H3,(H,24,26). The number of nitrogens with one attached hydrogen (secondary N) is 2. The van der Waals surface area contributed by atoms with Crippen molar-refractivity contribution in [3.05, 3.63) is 60.2 Å². The van der Waals surface area contributed by atoms with Crippen LogP contribution < -0.4 is 10.0 Å². The van der Waals surface area contributed by atoms with Crippen molar-refractivity contribution in [2.75, 3.05) is 0 Å². The number of carbonyl (C=O) groups is 1. The average Bonchev–Trinajstić information content (AvgIpc) is 3.15. The van der Waals surface area contributed by atoms with Crippen molar-refractivity contribution >= 4 is 27.7 Å². The number of amides is 1. The molecule has 1 aliphatic carbocycles. The van der Waals surface area contributed by atoms with Crippen LogP contribution in [0.3, 0.4) is 0 Å². The third-order valence-electron chi connectivity index (χ3n) is 5.02. The molecule has 0 unspecified atom stereocenters. The Labute approximate surface area is 184 Å². The van der Waals surface area contributed by atoms with E-state index in [0.29, 0.717) is 5.56 Å². The minimum Gasteiger partial charge on any atom is -0.351 e. The monoisotopic (exact) mass is 446 g/mol. The molecule has 0 atom stereocenters. The Hall–Kier alpha value is -1.83. The van der Waals surface area contributed by atoms with Gasteiger partial charge < -0.3 is 5.32 Å². The molecule has 5 nitrogen and oxygen atoms in total. The van der Waals surface area contributed by atoms with Gasteiger partial charge in [-0.25, -0.2) is 13.1 Å². The summed E-state index contributed by atoms with van der Waals surface area (Å²) in [4.78, 5) is 14.5. The molecule has 0 radical (unpaired) electrons. The molecule has 2 aromatic rings. The molecule has 1 amide bonds. The molecule has 0 bridgehead atoms. The Morgan fingerprint density at radius 1 is 1.00 bits per heavy atom. The molecule has 2 N–H and O–H groups in total. The van der Waals surface area contributed by atoms with Crippen LogP contribution in [-0.4, -0.2) is 24.6 Å². The highest BCUT2D eigenvalue weighted by Gasteiger charge is 2.42. The second kappa shape index (κ2) is 9.12. The Morgan fingerprint density at radius 2 is 1.60 bits per heavy atom. The summed E-state index contributed by atoms with van der Waals surface area (Å²) in [6, 6.07) is 16.8. The normalized spacial score (nSPS) is 16.4. The van der Waals surface area contributed by atoms with Gasteiger partial charge in [0.25, 0.3) is 0 Å². The van der Waals surface area contributed by atoms with E-state index in [0.717, 1.165) is 30.6 Å². The van der Waals surface area contributed by atoms with E-state index in [-0.39, 0.29) is 17.3 Å². The predicted octanol–water partition coefficient (Wildman–Crippen LogP) is 4.48. The second-order valence-electron chi connectivity index (χ2n) is 8.76. The van der Waals surface area contributed by atoms with Crippen LogP contribution in [-0.2, 0) is 21.4 Å². The number of hydrogen-bond acceptors (Lipinski definition) is 4. The molecule has 1 aliphatic rings. The first-order valence-corrected chi connectivity index (χ1v) is 12.6. The van der Waals surface area contributed by atoms with Gasteiger partial charge in [0.15, 0.2) is 0 Å². The lowest BCUT2D eigenvalue weighted by Gasteiger charge is -2.27. The molecule has 7 heteroatoms. The average molecular weight is 447 g/mol. The fourth-order valence-corrected chi connectivity index (χ4v) is 6.80. The molecule has 162 valence electrons. The summed E-state index contributed by atoms with van der Waals surface area (Å²) in [7, 11) is -3.69. The van der Waals surface area contributed by atoms with Gasteiger partial charge in [0, 0.05) is 17.0 Å². The van der Waals surface area contributed by atoms with Crippen molar-refractivity contribution in [3.63, 3.8) is 0 Å². The Kier molecular flexibility index (Phi) is 6.95. The number of sulfonamides is 1. The highest BCUT2D eigenvalue weighted by molar-refractivity contribution is 8.01. The van der Waals surface area contributed by atoms with Gasteiger partial charge in [0.2, 0.25) is 15.9 Å². The lowest BCUT2D eigenvalue weighted by atomic mass is 10.1. The van der Waals surface area contributed by atoms with Crippen molar-refractivity contribution in [1.29, 1.82) is 0 Å². The van der Waals surface area contributed by atoms with Gasteiger partial charge in [-0.1, -0.05) is 49.2 Å². The molecule has 1 fully saturated rings. The van der Waals surface area contributed by atoms with E-state index < -0.39 is 20.3 Å². The first kappa shape index (κ1) is 22.8. The van der Waals surface area contributed by atoms with Crippen molar-refractivity contribution < 1.29 is 13.2 Å². The van der Waals surface area contributed by atoms with E-state index >= 15 is 0 Å². The van der Waals surface area contributed by atoms with Gasteiger partial charge in [-0.15, -0.1) is 11.8 Å². The molecular formula is C23H30N2O3S2. The quantitative estimate of drug-likeness (QED) is 0.657. The largest absolute Gasteiger partial charge is 0.351 e. The molecule has 0 spiro atoms. The third kappa shape index (κ3) is 5.65. The zero-order valence-electron chi connectivity index (χ0n) is 17.8. The van der Waals surface area contributed by atoms with Crippen LogP contribution in [0, 0.1) is 0 Å². The van der Waals surface area contributed by atoms with Crippen LogP contribution in [0.15, 0.2) is 64.4 Å². The Bertz CT molecular complexity index is 977. The predicted molar refractivity (Wildman–Crippen MR) is 122 cm³/mol. The smallest absolute Gasteiger partial charge is 0.241 e. The number of rotatable bonds is 7. The molecule has 1 saturated carbocycles.